The average molecular weight is 448 g/mol. The van der Waals surface area contributed by atoms with Crippen molar-refractivity contribution in [1.29, 1.82) is 0 Å². The first kappa shape index (κ1) is 22.3. The molecule has 2 aliphatic heterocycles. The number of benzene rings is 2. The number of hydrogen-bond donors (Lipinski definition) is 0. The van der Waals surface area contributed by atoms with Crippen LogP contribution in [0.1, 0.15) is 22.3 Å². The largest absolute Gasteiger partial charge is 0.466 e. The molecule has 0 N–H and O–H groups in total. The molecule has 1 saturated heterocycles. The molecule has 7 nitrogen and oxygen atoms in total. The number of ketones is 1. The highest BCUT2D eigenvalue weighted by Crippen LogP contribution is 2.50. The summed E-state index contributed by atoms with van der Waals surface area (Å²) in [5.74, 6) is -1.71. The zero-order valence-corrected chi connectivity index (χ0v) is 18.9. The van der Waals surface area contributed by atoms with Crippen LogP contribution < -0.4 is 0 Å². The monoisotopic (exact) mass is 448 g/mol. The number of hydrogen-bond acceptors (Lipinski definition) is 7. The van der Waals surface area contributed by atoms with Crippen LogP contribution in [0.15, 0.2) is 83.7 Å². The average Bonchev–Trinajstić information content (AvgIpc) is 3.15. The van der Waals surface area contributed by atoms with Gasteiger partial charge in [-0.15, -0.1) is 0 Å². The SMILES string of the molecule is COC(=O)/C=C1\N(C)CCCN(C)C2=C([13C](=O)c3ccccc3)C(=O)O[13C]21c1ccccc1. The Kier molecular flexibility index (Phi) is 6.05. The molecular formula is C26H26N2O5. The molecule has 1 unspecified atom stereocenters. The van der Waals surface area contributed by atoms with Gasteiger partial charge in [-0.25, -0.2) is 9.59 Å². The van der Waals surface area contributed by atoms with Gasteiger partial charge >= 0.3 is 11.9 Å². The highest BCUT2D eigenvalue weighted by molar-refractivity contribution is 6.26. The molecule has 33 heavy (non-hydrogen) atoms. The molecule has 0 bridgehead atoms. The Bertz CT molecular complexity index is 1140. The second kappa shape index (κ2) is 8.94. The zero-order valence-electron chi connectivity index (χ0n) is 18.9. The number of fused-ring (bicyclic) bond motifs is 1. The van der Waals surface area contributed by atoms with Crippen LogP contribution in [0, 0.1) is 0 Å². The Morgan fingerprint density at radius 3 is 2.21 bits per heavy atom. The summed E-state index contributed by atoms with van der Waals surface area (Å²) in [5, 5.41) is 0. The predicted octanol–water partition coefficient (Wildman–Crippen LogP) is 2.90. The van der Waals surface area contributed by atoms with Gasteiger partial charge in [0.1, 0.15) is 5.57 Å². The standard InChI is InChI=1S/C26H26N2O5/c1-27-15-10-16-28(2)24-22(23(30)18-11-6-4-7-12-18)25(31)33-26(24,19-13-8-5-9-14-19)20(27)17-21(29)32-3/h4-9,11-14,17H,10,15-16H2,1-3H3/b20-17-/i23+1,26+1. The van der Waals surface area contributed by atoms with E-state index < -0.39 is 23.3 Å². The Balaban J connectivity index is 2.07. The minimum absolute atomic E-state index is 0.0291. The van der Waals surface area contributed by atoms with Crippen molar-refractivity contribution in [3.05, 3.63) is 94.8 Å². The van der Waals surface area contributed by atoms with Crippen molar-refractivity contribution in [2.75, 3.05) is 34.3 Å². The number of nitrogens with zero attached hydrogens (tertiary/aromatic N) is 2. The van der Waals surface area contributed by atoms with Crippen LogP contribution in [-0.2, 0) is 24.7 Å². The summed E-state index contributed by atoms with van der Waals surface area (Å²) in [7, 11) is 4.98. The number of rotatable bonds is 4. The van der Waals surface area contributed by atoms with E-state index in [-0.39, 0.29) is 5.57 Å². The van der Waals surface area contributed by atoms with Crippen LogP contribution >= 0.6 is 0 Å². The summed E-state index contributed by atoms with van der Waals surface area (Å²) in [6.45, 7) is 1.22. The number of carbonyl (C=O) groups is 3. The lowest BCUT2D eigenvalue weighted by Gasteiger charge is -2.43. The van der Waals surface area contributed by atoms with E-state index in [9.17, 15) is 14.4 Å². The van der Waals surface area contributed by atoms with Gasteiger partial charge in [-0.3, -0.25) is 4.79 Å². The molecule has 0 saturated carbocycles. The van der Waals surface area contributed by atoms with Gasteiger partial charge in [-0.05, 0) is 6.42 Å². The normalized spacial score (nSPS) is 21.9. The quantitative estimate of drug-likeness (QED) is 0.234. The molecule has 0 spiro atoms. The first-order valence-corrected chi connectivity index (χ1v) is 10.8. The Morgan fingerprint density at radius 2 is 1.58 bits per heavy atom. The van der Waals surface area contributed by atoms with E-state index in [2.05, 4.69) is 0 Å². The third-order valence-electron chi connectivity index (χ3n) is 6.06. The van der Waals surface area contributed by atoms with E-state index in [0.29, 0.717) is 35.6 Å². The van der Waals surface area contributed by atoms with Gasteiger partial charge < -0.3 is 19.3 Å². The molecule has 0 radical (unpaired) electrons. The molecule has 0 aromatic heterocycles. The molecule has 7 heteroatoms. The van der Waals surface area contributed by atoms with E-state index >= 15 is 0 Å². The van der Waals surface area contributed by atoms with E-state index in [0.717, 1.165) is 6.42 Å². The Hall–Kier alpha value is -3.87. The van der Waals surface area contributed by atoms with Crippen LogP contribution in [0.5, 0.6) is 0 Å². The number of ether oxygens (including phenoxy) is 2. The van der Waals surface area contributed by atoms with Crippen LogP contribution in [0.2, 0.25) is 0 Å². The maximum Gasteiger partial charge on any atom is 0.345 e. The zero-order chi connectivity index (χ0) is 23.6. The molecule has 2 aromatic carbocycles. The van der Waals surface area contributed by atoms with Gasteiger partial charge in [0.25, 0.3) is 0 Å². The Labute approximate surface area is 192 Å². The third-order valence-corrected chi connectivity index (χ3v) is 6.06. The molecule has 1 atom stereocenters. The van der Waals surface area contributed by atoms with E-state index in [1.807, 2.05) is 60.3 Å². The lowest BCUT2D eigenvalue weighted by atomic mass is 10.1. The number of likely N-dealkylation sites (N-methyl/N-ethyl adjacent to an activating group) is 2. The molecule has 2 aromatic rings. The highest BCUT2D eigenvalue weighted by atomic mass is 16.6. The first-order valence-electron chi connectivity index (χ1n) is 10.8. The Morgan fingerprint density at radius 1 is 0.970 bits per heavy atom. The lowest BCUT2D eigenvalue weighted by Crippen LogP contribution is -2.46. The third kappa shape index (κ3) is 3.80. The van der Waals surface area contributed by atoms with Crippen molar-refractivity contribution in [3.63, 3.8) is 0 Å². The van der Waals surface area contributed by atoms with Crippen molar-refractivity contribution < 1.29 is 23.9 Å². The van der Waals surface area contributed by atoms with Gasteiger partial charge in [-0.2, -0.15) is 0 Å². The summed E-state index contributed by atoms with van der Waals surface area (Å²) in [6, 6.07) is 17.8. The van der Waals surface area contributed by atoms with Gasteiger partial charge in [-0.1, -0.05) is 60.7 Å². The van der Waals surface area contributed by atoms with Gasteiger partial charge in [0.2, 0.25) is 11.4 Å². The van der Waals surface area contributed by atoms with Crippen LogP contribution in [-0.4, -0.2) is 61.8 Å². The lowest BCUT2D eigenvalue weighted by molar-refractivity contribution is -0.147. The molecular weight excluding hydrogens is 422 g/mol. The molecule has 2 heterocycles. The molecule has 2 aliphatic rings. The van der Waals surface area contributed by atoms with Gasteiger partial charge in [0, 0.05) is 44.4 Å². The maximum atomic E-state index is 13.6. The highest BCUT2D eigenvalue weighted by Gasteiger charge is 2.56. The summed E-state index contributed by atoms with van der Waals surface area (Å²) in [5.41, 5.74) is 0.387. The van der Waals surface area contributed by atoms with Crippen LogP contribution in [0.3, 0.4) is 0 Å². The van der Waals surface area contributed by atoms with Crippen molar-refractivity contribution in [2.45, 2.75) is 12.0 Å². The van der Waals surface area contributed by atoms with Crippen molar-refractivity contribution >= 4 is 17.7 Å². The topological polar surface area (TPSA) is 76.2 Å². The minimum Gasteiger partial charge on any atom is -0.466 e. The fourth-order valence-corrected chi connectivity index (χ4v) is 4.52. The summed E-state index contributed by atoms with van der Waals surface area (Å²) in [4.78, 5) is 43.2. The molecule has 4 rings (SSSR count). The molecule has 170 valence electrons. The minimum atomic E-state index is -1.48. The molecule has 1 fully saturated rings. The fourth-order valence-electron chi connectivity index (χ4n) is 4.52. The van der Waals surface area contributed by atoms with E-state index in [4.69, 9.17) is 9.47 Å². The van der Waals surface area contributed by atoms with Crippen molar-refractivity contribution in [2.24, 2.45) is 0 Å². The second-order valence-electron chi connectivity index (χ2n) is 8.10. The molecule has 0 amide bonds. The maximum absolute atomic E-state index is 13.6. The number of methoxy groups -OCH3 is 1. The second-order valence-corrected chi connectivity index (χ2v) is 8.10. The van der Waals surface area contributed by atoms with Crippen LogP contribution in [0.25, 0.3) is 0 Å². The number of esters is 2. The van der Waals surface area contributed by atoms with Gasteiger partial charge in [0.15, 0.2) is 0 Å². The fraction of sp³-hybridized carbons (Fsp3) is 0.269. The predicted molar refractivity (Wildman–Crippen MR) is 122 cm³/mol. The molecule has 0 aliphatic carbocycles. The first-order chi connectivity index (χ1) is 15.9. The van der Waals surface area contributed by atoms with Crippen molar-refractivity contribution in [1.82, 2.24) is 9.80 Å². The number of carbonyl (C=O) groups excluding carboxylic acids is 3. The van der Waals surface area contributed by atoms with Crippen LogP contribution in [0.4, 0.5) is 0 Å². The van der Waals surface area contributed by atoms with E-state index in [1.54, 1.807) is 24.3 Å². The summed E-state index contributed by atoms with van der Waals surface area (Å²) >= 11 is 0. The smallest absolute Gasteiger partial charge is 0.345 e. The number of Topliss-reactive ketones (excluding diaryl/α,β-unsaturated/α-hetero) is 1. The van der Waals surface area contributed by atoms with E-state index in [1.165, 1.54) is 13.2 Å². The summed E-state index contributed by atoms with van der Waals surface area (Å²) in [6.07, 6.45) is 2.09. The van der Waals surface area contributed by atoms with Crippen molar-refractivity contribution in [3.8, 4) is 0 Å². The van der Waals surface area contributed by atoms with Gasteiger partial charge in [0.05, 0.1) is 18.5 Å². The summed E-state index contributed by atoms with van der Waals surface area (Å²) < 4.78 is 11.1.